The van der Waals surface area contributed by atoms with Crippen molar-refractivity contribution in [1.82, 2.24) is 9.80 Å². The van der Waals surface area contributed by atoms with Gasteiger partial charge in [0.05, 0.1) is 18.7 Å². The lowest BCUT2D eigenvalue weighted by molar-refractivity contribution is -0.132. The van der Waals surface area contributed by atoms with Gasteiger partial charge in [-0.15, -0.1) is 0 Å². The fourth-order valence-corrected chi connectivity index (χ4v) is 4.09. The molecule has 1 saturated heterocycles. The third-order valence-electron chi connectivity index (χ3n) is 5.66. The fraction of sp³-hybridized carbons (Fsp3) is 0.462. The van der Waals surface area contributed by atoms with Crippen molar-refractivity contribution in [1.29, 1.82) is 0 Å². The summed E-state index contributed by atoms with van der Waals surface area (Å²) in [5, 5.41) is 0.352. The van der Waals surface area contributed by atoms with Gasteiger partial charge >= 0.3 is 0 Å². The molecule has 1 aliphatic rings. The van der Waals surface area contributed by atoms with Crippen LogP contribution in [0, 0.1) is 5.92 Å². The van der Waals surface area contributed by atoms with E-state index in [0.29, 0.717) is 67.2 Å². The molecule has 2 amide bonds. The van der Waals surface area contributed by atoms with Crippen LogP contribution in [0.3, 0.4) is 0 Å². The van der Waals surface area contributed by atoms with Crippen LogP contribution in [0.25, 0.3) is 0 Å². The standard InChI is InChI=1S/C26H33ClN2O4/c1-19(2)18-33-25-22(27)16-21(17-23(25)32-3)26(31)29-14-12-28(13-15-29)24(30)11-7-10-20-8-5-4-6-9-20/h4-6,8-9,16-17,19H,7,10-15,18H2,1-3H3. The highest BCUT2D eigenvalue weighted by Crippen LogP contribution is 2.37. The van der Waals surface area contributed by atoms with E-state index in [1.807, 2.05) is 36.9 Å². The Balaban J connectivity index is 1.53. The molecule has 0 unspecified atom stereocenters. The zero-order chi connectivity index (χ0) is 23.8. The highest BCUT2D eigenvalue weighted by Gasteiger charge is 2.26. The number of halogens is 1. The van der Waals surface area contributed by atoms with Crippen molar-refractivity contribution < 1.29 is 19.1 Å². The topological polar surface area (TPSA) is 59.1 Å². The number of amides is 2. The number of piperazine rings is 1. The number of benzene rings is 2. The first kappa shape index (κ1) is 24.9. The van der Waals surface area contributed by atoms with Crippen molar-refractivity contribution in [2.75, 3.05) is 39.9 Å². The number of hydrogen-bond donors (Lipinski definition) is 0. The maximum absolute atomic E-state index is 13.1. The Morgan fingerprint density at radius 1 is 1.03 bits per heavy atom. The van der Waals surface area contributed by atoms with Crippen LogP contribution >= 0.6 is 11.6 Å². The molecular formula is C26H33ClN2O4. The van der Waals surface area contributed by atoms with Crippen molar-refractivity contribution in [3.8, 4) is 11.5 Å². The zero-order valence-electron chi connectivity index (χ0n) is 19.7. The minimum absolute atomic E-state index is 0.123. The molecular weight excluding hydrogens is 440 g/mol. The van der Waals surface area contributed by atoms with Crippen LogP contribution in [0.1, 0.15) is 42.6 Å². The van der Waals surface area contributed by atoms with Gasteiger partial charge in [0.2, 0.25) is 5.91 Å². The highest BCUT2D eigenvalue weighted by atomic mass is 35.5. The maximum atomic E-state index is 13.1. The second-order valence-electron chi connectivity index (χ2n) is 8.71. The molecule has 0 aromatic heterocycles. The molecule has 0 N–H and O–H groups in total. The number of ether oxygens (including phenoxy) is 2. The Hall–Kier alpha value is -2.73. The summed E-state index contributed by atoms with van der Waals surface area (Å²) in [5.74, 6) is 1.26. The number of aryl methyl sites for hydroxylation is 1. The molecule has 0 saturated carbocycles. The molecule has 1 fully saturated rings. The maximum Gasteiger partial charge on any atom is 0.254 e. The van der Waals surface area contributed by atoms with E-state index >= 15 is 0 Å². The van der Waals surface area contributed by atoms with Crippen LogP contribution < -0.4 is 9.47 Å². The van der Waals surface area contributed by atoms with E-state index in [9.17, 15) is 9.59 Å². The third kappa shape index (κ3) is 6.87. The lowest BCUT2D eigenvalue weighted by Crippen LogP contribution is -2.50. The first-order valence-corrected chi connectivity index (χ1v) is 11.9. The van der Waals surface area contributed by atoms with Crippen LogP contribution in [0.15, 0.2) is 42.5 Å². The number of methoxy groups -OCH3 is 1. The molecule has 7 heteroatoms. The molecule has 6 nitrogen and oxygen atoms in total. The average Bonchev–Trinajstić information content (AvgIpc) is 2.83. The van der Waals surface area contributed by atoms with E-state index < -0.39 is 0 Å². The second kappa shape index (κ2) is 11.9. The lowest BCUT2D eigenvalue weighted by Gasteiger charge is -2.35. The first-order valence-electron chi connectivity index (χ1n) is 11.5. The fourth-order valence-electron chi connectivity index (χ4n) is 3.82. The van der Waals surface area contributed by atoms with Crippen LogP contribution in [0.2, 0.25) is 5.02 Å². The smallest absolute Gasteiger partial charge is 0.254 e. The minimum atomic E-state index is -0.123. The molecule has 0 radical (unpaired) electrons. The number of nitrogens with zero attached hydrogens (tertiary/aromatic N) is 2. The first-order chi connectivity index (χ1) is 15.9. The van der Waals surface area contributed by atoms with Gasteiger partial charge in [-0.3, -0.25) is 9.59 Å². The summed E-state index contributed by atoms with van der Waals surface area (Å²) in [4.78, 5) is 29.3. The van der Waals surface area contributed by atoms with Gasteiger partial charge in [0.15, 0.2) is 11.5 Å². The van der Waals surface area contributed by atoms with Crippen LogP contribution in [-0.2, 0) is 11.2 Å². The summed E-state index contributed by atoms with van der Waals surface area (Å²) < 4.78 is 11.2. The summed E-state index contributed by atoms with van der Waals surface area (Å²) in [6.45, 7) is 6.67. The van der Waals surface area contributed by atoms with Crippen molar-refractivity contribution in [3.05, 3.63) is 58.6 Å². The molecule has 33 heavy (non-hydrogen) atoms. The number of carbonyl (C=O) groups is 2. The number of hydrogen-bond acceptors (Lipinski definition) is 4. The average molecular weight is 473 g/mol. The molecule has 2 aromatic rings. The molecule has 0 atom stereocenters. The van der Waals surface area contributed by atoms with Crippen molar-refractivity contribution >= 4 is 23.4 Å². The van der Waals surface area contributed by atoms with Crippen LogP contribution in [0.4, 0.5) is 0 Å². The van der Waals surface area contributed by atoms with Gasteiger partial charge in [-0.25, -0.2) is 0 Å². The van der Waals surface area contributed by atoms with E-state index in [4.69, 9.17) is 21.1 Å². The predicted molar refractivity (Wildman–Crippen MR) is 130 cm³/mol. The van der Waals surface area contributed by atoms with Crippen molar-refractivity contribution in [3.63, 3.8) is 0 Å². The van der Waals surface area contributed by atoms with Gasteiger partial charge in [-0.1, -0.05) is 55.8 Å². The van der Waals surface area contributed by atoms with Crippen LogP contribution in [0.5, 0.6) is 11.5 Å². The summed E-state index contributed by atoms with van der Waals surface area (Å²) in [6.07, 6.45) is 2.24. The van der Waals surface area contributed by atoms with Crippen molar-refractivity contribution in [2.24, 2.45) is 5.92 Å². The van der Waals surface area contributed by atoms with Crippen molar-refractivity contribution in [2.45, 2.75) is 33.1 Å². The minimum Gasteiger partial charge on any atom is -0.493 e. The van der Waals surface area contributed by atoms with E-state index in [0.717, 1.165) is 12.8 Å². The number of rotatable bonds is 9. The Kier molecular flexibility index (Phi) is 9.01. The molecule has 178 valence electrons. The summed E-state index contributed by atoms with van der Waals surface area (Å²) >= 11 is 6.41. The summed E-state index contributed by atoms with van der Waals surface area (Å²) in [5.41, 5.74) is 1.70. The van der Waals surface area contributed by atoms with E-state index in [-0.39, 0.29) is 11.8 Å². The summed E-state index contributed by atoms with van der Waals surface area (Å²) in [7, 11) is 1.53. The number of carbonyl (C=O) groups excluding carboxylic acids is 2. The summed E-state index contributed by atoms with van der Waals surface area (Å²) in [6, 6.07) is 13.5. The molecule has 0 aliphatic carbocycles. The Morgan fingerprint density at radius 2 is 1.70 bits per heavy atom. The zero-order valence-corrected chi connectivity index (χ0v) is 20.4. The molecule has 1 aliphatic heterocycles. The van der Waals surface area contributed by atoms with Gasteiger partial charge < -0.3 is 19.3 Å². The van der Waals surface area contributed by atoms with Crippen LogP contribution in [-0.4, -0.2) is 61.5 Å². The third-order valence-corrected chi connectivity index (χ3v) is 5.94. The predicted octanol–water partition coefficient (Wildman–Crippen LogP) is 4.69. The monoisotopic (exact) mass is 472 g/mol. The van der Waals surface area contributed by atoms with Gasteiger partial charge in [-0.05, 0) is 36.5 Å². The van der Waals surface area contributed by atoms with Gasteiger partial charge in [0, 0.05) is 38.2 Å². The van der Waals surface area contributed by atoms with E-state index in [1.165, 1.54) is 12.7 Å². The van der Waals surface area contributed by atoms with Gasteiger partial charge in [-0.2, -0.15) is 0 Å². The molecule has 3 rings (SSSR count). The highest BCUT2D eigenvalue weighted by molar-refractivity contribution is 6.32. The largest absolute Gasteiger partial charge is 0.493 e. The molecule has 2 aromatic carbocycles. The van der Waals surface area contributed by atoms with E-state index in [2.05, 4.69) is 12.1 Å². The molecule has 0 bridgehead atoms. The van der Waals surface area contributed by atoms with Gasteiger partial charge in [0.1, 0.15) is 0 Å². The normalized spacial score (nSPS) is 13.8. The lowest BCUT2D eigenvalue weighted by atomic mass is 10.1. The Morgan fingerprint density at radius 3 is 2.33 bits per heavy atom. The quantitative estimate of drug-likeness (QED) is 0.531. The Bertz CT molecular complexity index is 941. The van der Waals surface area contributed by atoms with E-state index in [1.54, 1.807) is 17.0 Å². The Labute approximate surface area is 201 Å². The second-order valence-corrected chi connectivity index (χ2v) is 9.11. The van der Waals surface area contributed by atoms with Gasteiger partial charge in [0.25, 0.3) is 5.91 Å². The molecule has 1 heterocycles. The molecule has 0 spiro atoms. The SMILES string of the molecule is COc1cc(C(=O)N2CCN(C(=O)CCCc3ccccc3)CC2)cc(Cl)c1OCC(C)C.